The van der Waals surface area contributed by atoms with E-state index in [4.69, 9.17) is 21.1 Å². The molecular weight excluding hydrogens is 348 g/mol. The first kappa shape index (κ1) is 16.5. The van der Waals surface area contributed by atoms with E-state index in [1.165, 1.54) is 25.6 Å². The number of amides is 1. The predicted molar refractivity (Wildman–Crippen MR) is 96.9 cm³/mol. The molecule has 0 aliphatic rings. The highest BCUT2D eigenvalue weighted by molar-refractivity contribution is 7.22. The summed E-state index contributed by atoms with van der Waals surface area (Å²) in [5, 5.41) is 3.95. The minimum atomic E-state index is -0.341. The summed E-state index contributed by atoms with van der Waals surface area (Å²) < 4.78 is 11.4. The summed E-state index contributed by atoms with van der Waals surface area (Å²) in [5.74, 6) is 0.534. The van der Waals surface area contributed by atoms with Crippen molar-refractivity contribution in [2.75, 3.05) is 19.5 Å². The number of rotatable bonds is 4. The van der Waals surface area contributed by atoms with Gasteiger partial charge in [-0.25, -0.2) is 4.98 Å². The first-order valence-corrected chi connectivity index (χ1v) is 8.32. The number of benzene rings is 2. The van der Waals surface area contributed by atoms with Gasteiger partial charge in [0.1, 0.15) is 17.1 Å². The number of halogens is 1. The highest BCUT2D eigenvalue weighted by atomic mass is 35.5. The number of nitrogens with zero attached hydrogens (tertiary/aromatic N) is 1. The molecule has 2 aromatic carbocycles. The third-order valence-corrected chi connectivity index (χ3v) is 4.66. The quantitative estimate of drug-likeness (QED) is 0.740. The number of carbonyl (C=O) groups excluding carboxylic acids is 1. The van der Waals surface area contributed by atoms with E-state index >= 15 is 0 Å². The highest BCUT2D eigenvalue weighted by Gasteiger charge is 2.19. The van der Waals surface area contributed by atoms with Gasteiger partial charge in [0.05, 0.1) is 24.4 Å². The summed E-state index contributed by atoms with van der Waals surface area (Å²) in [6, 6.07) is 8.86. The number of aromatic nitrogens is 1. The largest absolute Gasteiger partial charge is 0.496 e. The number of nitrogens with one attached hydrogen (secondary N) is 1. The fourth-order valence-corrected chi connectivity index (χ4v) is 3.76. The maximum atomic E-state index is 12.7. The molecule has 1 N–H and O–H groups in total. The first-order valence-electron chi connectivity index (χ1n) is 7.12. The van der Waals surface area contributed by atoms with Gasteiger partial charge in [0, 0.05) is 5.02 Å². The van der Waals surface area contributed by atoms with Crippen molar-refractivity contribution in [2.45, 2.75) is 6.92 Å². The fourth-order valence-electron chi connectivity index (χ4n) is 2.44. The van der Waals surface area contributed by atoms with Gasteiger partial charge in [-0.05, 0) is 36.8 Å². The lowest BCUT2D eigenvalue weighted by Gasteiger charge is -2.11. The number of ether oxygens (including phenoxy) is 2. The second-order valence-electron chi connectivity index (χ2n) is 5.08. The zero-order valence-electron chi connectivity index (χ0n) is 13.3. The first-order chi connectivity index (χ1) is 11.5. The lowest BCUT2D eigenvalue weighted by Crippen LogP contribution is -2.14. The van der Waals surface area contributed by atoms with Crippen LogP contribution < -0.4 is 14.8 Å². The molecule has 5 nitrogen and oxygen atoms in total. The van der Waals surface area contributed by atoms with Crippen molar-refractivity contribution in [3.05, 3.63) is 46.5 Å². The Morgan fingerprint density at radius 1 is 1.21 bits per heavy atom. The lowest BCUT2D eigenvalue weighted by molar-refractivity contribution is 0.102. The molecule has 1 amide bonds. The van der Waals surface area contributed by atoms with Crippen molar-refractivity contribution in [3.63, 3.8) is 0 Å². The Morgan fingerprint density at radius 2 is 1.88 bits per heavy atom. The van der Waals surface area contributed by atoms with Crippen LogP contribution in [-0.2, 0) is 0 Å². The molecule has 3 aromatic rings. The van der Waals surface area contributed by atoms with Crippen LogP contribution in [0.3, 0.4) is 0 Å². The standard InChI is InChI=1S/C17H15ClN2O3S/c1-9-7-10(18)8-13-15(9)19-17(24-13)20-16(21)14-11(22-2)5-4-6-12(14)23-3/h4-8H,1-3H3,(H,19,20,21). The van der Waals surface area contributed by atoms with E-state index in [-0.39, 0.29) is 5.91 Å². The van der Waals surface area contributed by atoms with Gasteiger partial charge in [0.25, 0.3) is 5.91 Å². The fraction of sp³-hybridized carbons (Fsp3) is 0.176. The van der Waals surface area contributed by atoms with Crippen LogP contribution in [0.4, 0.5) is 5.13 Å². The van der Waals surface area contributed by atoms with Crippen molar-refractivity contribution in [1.82, 2.24) is 4.98 Å². The SMILES string of the molecule is COc1cccc(OC)c1C(=O)Nc1nc2c(C)cc(Cl)cc2s1. The van der Waals surface area contributed by atoms with Crippen molar-refractivity contribution >= 4 is 44.2 Å². The molecule has 0 saturated carbocycles. The molecule has 3 rings (SSSR count). The molecule has 124 valence electrons. The number of aryl methyl sites for hydroxylation is 1. The summed E-state index contributed by atoms with van der Waals surface area (Å²) in [7, 11) is 3.02. The Morgan fingerprint density at radius 3 is 2.50 bits per heavy atom. The second-order valence-corrected chi connectivity index (χ2v) is 6.55. The Bertz CT molecular complexity index is 901. The van der Waals surface area contributed by atoms with Crippen LogP contribution >= 0.6 is 22.9 Å². The highest BCUT2D eigenvalue weighted by Crippen LogP contribution is 2.33. The molecule has 1 aromatic heterocycles. The Balaban J connectivity index is 1.97. The van der Waals surface area contributed by atoms with Crippen LogP contribution in [0, 0.1) is 6.92 Å². The van der Waals surface area contributed by atoms with Gasteiger partial charge in [-0.1, -0.05) is 29.0 Å². The number of anilines is 1. The van der Waals surface area contributed by atoms with Crippen LogP contribution in [0.1, 0.15) is 15.9 Å². The van der Waals surface area contributed by atoms with Gasteiger partial charge in [0.15, 0.2) is 5.13 Å². The smallest absolute Gasteiger partial charge is 0.265 e. The monoisotopic (exact) mass is 362 g/mol. The van der Waals surface area contributed by atoms with E-state index in [1.807, 2.05) is 19.1 Å². The van der Waals surface area contributed by atoms with Gasteiger partial charge < -0.3 is 9.47 Å². The summed E-state index contributed by atoms with van der Waals surface area (Å²) in [6.45, 7) is 1.93. The summed E-state index contributed by atoms with van der Waals surface area (Å²) in [4.78, 5) is 17.1. The van der Waals surface area contributed by atoms with E-state index in [0.29, 0.717) is 27.2 Å². The normalized spacial score (nSPS) is 10.7. The number of methoxy groups -OCH3 is 2. The molecule has 24 heavy (non-hydrogen) atoms. The molecule has 0 fully saturated rings. The van der Waals surface area contributed by atoms with Gasteiger partial charge >= 0.3 is 0 Å². The molecule has 0 aliphatic carbocycles. The predicted octanol–water partition coefficient (Wildman–Crippen LogP) is 4.53. The van der Waals surface area contributed by atoms with Crippen molar-refractivity contribution < 1.29 is 14.3 Å². The average Bonchev–Trinajstić information content (AvgIpc) is 2.96. The number of thiazole rings is 1. The molecule has 0 unspecified atom stereocenters. The van der Waals surface area contributed by atoms with Crippen LogP contribution in [0.25, 0.3) is 10.2 Å². The minimum Gasteiger partial charge on any atom is -0.496 e. The molecule has 0 spiro atoms. The van der Waals surface area contributed by atoms with Crippen LogP contribution in [-0.4, -0.2) is 25.1 Å². The lowest BCUT2D eigenvalue weighted by atomic mass is 10.1. The van der Waals surface area contributed by atoms with E-state index < -0.39 is 0 Å². The zero-order valence-corrected chi connectivity index (χ0v) is 14.9. The molecule has 0 bridgehead atoms. The maximum absolute atomic E-state index is 12.7. The van der Waals surface area contributed by atoms with E-state index in [2.05, 4.69) is 10.3 Å². The number of carbonyl (C=O) groups is 1. The third kappa shape index (κ3) is 3.02. The van der Waals surface area contributed by atoms with E-state index in [1.54, 1.807) is 18.2 Å². The maximum Gasteiger partial charge on any atom is 0.265 e. The van der Waals surface area contributed by atoms with Crippen LogP contribution in [0.2, 0.25) is 5.02 Å². The summed E-state index contributed by atoms with van der Waals surface area (Å²) in [5.41, 5.74) is 2.12. The Hall–Kier alpha value is -2.31. The topological polar surface area (TPSA) is 60.5 Å². The summed E-state index contributed by atoms with van der Waals surface area (Å²) >= 11 is 7.44. The van der Waals surface area contributed by atoms with E-state index in [9.17, 15) is 4.79 Å². The van der Waals surface area contributed by atoms with Gasteiger partial charge in [-0.3, -0.25) is 10.1 Å². The molecule has 7 heteroatoms. The molecular formula is C17H15ClN2O3S. The molecule has 0 saturated heterocycles. The van der Waals surface area contributed by atoms with Gasteiger partial charge in [-0.2, -0.15) is 0 Å². The zero-order chi connectivity index (χ0) is 17.3. The third-order valence-electron chi connectivity index (χ3n) is 3.53. The van der Waals surface area contributed by atoms with E-state index in [0.717, 1.165) is 15.8 Å². The van der Waals surface area contributed by atoms with Crippen LogP contribution in [0.15, 0.2) is 30.3 Å². The minimum absolute atomic E-state index is 0.330. The average molecular weight is 363 g/mol. The molecule has 0 aliphatic heterocycles. The second kappa shape index (κ2) is 6.67. The Labute approximate surface area is 148 Å². The van der Waals surface area contributed by atoms with Crippen molar-refractivity contribution in [1.29, 1.82) is 0 Å². The molecule has 0 radical (unpaired) electrons. The number of fused-ring (bicyclic) bond motifs is 1. The Kier molecular flexibility index (Phi) is 4.59. The van der Waals surface area contributed by atoms with Crippen LogP contribution in [0.5, 0.6) is 11.5 Å². The van der Waals surface area contributed by atoms with Crippen molar-refractivity contribution in [3.8, 4) is 11.5 Å². The number of hydrogen-bond donors (Lipinski definition) is 1. The number of hydrogen-bond acceptors (Lipinski definition) is 5. The van der Waals surface area contributed by atoms with Crippen molar-refractivity contribution in [2.24, 2.45) is 0 Å². The van der Waals surface area contributed by atoms with Gasteiger partial charge in [-0.15, -0.1) is 0 Å². The summed E-state index contributed by atoms with van der Waals surface area (Å²) in [6.07, 6.45) is 0. The van der Waals surface area contributed by atoms with Gasteiger partial charge in [0.2, 0.25) is 0 Å². The molecule has 0 atom stereocenters. The molecule has 1 heterocycles.